The standard InChI is InChI=1S/C18H17F3N4O3S/c19-18(20,21)12-8-15(24-22-9-12)29(27,28)25-17(26)23-16-13-5-1-3-10(13)7-11-4-2-6-14(11)16/h7-9H,1-6H2,(H2,23,25,26). The van der Waals surface area contributed by atoms with Crippen molar-refractivity contribution in [1.82, 2.24) is 14.9 Å². The van der Waals surface area contributed by atoms with Gasteiger partial charge in [-0.15, -0.1) is 5.10 Å². The molecule has 0 atom stereocenters. The molecule has 1 aromatic heterocycles. The third-order valence-corrected chi connectivity index (χ3v) is 6.38. The van der Waals surface area contributed by atoms with Crippen molar-refractivity contribution in [3.05, 3.63) is 46.1 Å². The summed E-state index contributed by atoms with van der Waals surface area (Å²) in [6.45, 7) is 0. The van der Waals surface area contributed by atoms with Gasteiger partial charge in [0.25, 0.3) is 10.0 Å². The van der Waals surface area contributed by atoms with Gasteiger partial charge in [0, 0.05) is 5.69 Å². The molecule has 0 unspecified atom stereocenters. The van der Waals surface area contributed by atoms with Crippen LogP contribution in [-0.2, 0) is 41.9 Å². The van der Waals surface area contributed by atoms with Gasteiger partial charge in [0.15, 0.2) is 5.03 Å². The van der Waals surface area contributed by atoms with Crippen LogP contribution in [-0.4, -0.2) is 24.6 Å². The van der Waals surface area contributed by atoms with E-state index >= 15 is 0 Å². The number of alkyl halides is 3. The van der Waals surface area contributed by atoms with E-state index in [1.54, 1.807) is 4.72 Å². The molecule has 154 valence electrons. The largest absolute Gasteiger partial charge is 0.418 e. The summed E-state index contributed by atoms with van der Waals surface area (Å²) in [6, 6.07) is 1.45. The zero-order valence-electron chi connectivity index (χ0n) is 15.1. The van der Waals surface area contributed by atoms with Crippen LogP contribution in [0.4, 0.5) is 23.7 Å². The maximum absolute atomic E-state index is 12.8. The van der Waals surface area contributed by atoms with Crippen LogP contribution in [0.15, 0.2) is 23.4 Å². The zero-order valence-corrected chi connectivity index (χ0v) is 16.0. The Hall–Kier alpha value is -2.69. The fourth-order valence-corrected chi connectivity index (χ4v) is 4.75. The van der Waals surface area contributed by atoms with Gasteiger partial charge in [0.1, 0.15) is 0 Å². The van der Waals surface area contributed by atoms with Gasteiger partial charge >= 0.3 is 12.2 Å². The molecule has 0 bridgehead atoms. The van der Waals surface area contributed by atoms with Crippen LogP contribution in [0.1, 0.15) is 40.7 Å². The summed E-state index contributed by atoms with van der Waals surface area (Å²) in [5, 5.41) is 7.94. The maximum atomic E-state index is 12.8. The summed E-state index contributed by atoms with van der Waals surface area (Å²) in [5.74, 6) is 0. The molecule has 1 heterocycles. The van der Waals surface area contributed by atoms with E-state index in [0.29, 0.717) is 18.0 Å². The van der Waals surface area contributed by atoms with E-state index < -0.39 is 32.8 Å². The Bertz CT molecular complexity index is 1070. The molecule has 7 nitrogen and oxygen atoms in total. The summed E-state index contributed by atoms with van der Waals surface area (Å²) in [6.07, 6.45) is 0.894. The van der Waals surface area contributed by atoms with Crippen molar-refractivity contribution in [1.29, 1.82) is 0 Å². The molecular weight excluding hydrogens is 409 g/mol. The fraction of sp³-hybridized carbons (Fsp3) is 0.389. The number of urea groups is 1. The van der Waals surface area contributed by atoms with Gasteiger partial charge in [-0.1, -0.05) is 6.07 Å². The fourth-order valence-electron chi connectivity index (χ4n) is 3.91. The van der Waals surface area contributed by atoms with Crippen molar-refractivity contribution in [3.8, 4) is 0 Å². The molecule has 2 N–H and O–H groups in total. The molecule has 0 aliphatic heterocycles. The van der Waals surface area contributed by atoms with Crippen LogP contribution in [0.5, 0.6) is 0 Å². The molecule has 11 heteroatoms. The van der Waals surface area contributed by atoms with Crippen LogP contribution in [0.25, 0.3) is 0 Å². The number of aromatic nitrogens is 2. The Morgan fingerprint density at radius 3 is 2.21 bits per heavy atom. The monoisotopic (exact) mass is 426 g/mol. The minimum atomic E-state index is -4.78. The number of hydrogen-bond donors (Lipinski definition) is 2. The number of nitrogens with zero attached hydrogens (tertiary/aromatic N) is 2. The Morgan fingerprint density at radius 2 is 1.62 bits per heavy atom. The predicted molar refractivity (Wildman–Crippen MR) is 96.9 cm³/mol. The van der Waals surface area contributed by atoms with Crippen LogP contribution < -0.4 is 10.0 Å². The first kappa shape index (κ1) is 19.6. The number of fused-ring (bicyclic) bond motifs is 2. The second-order valence-electron chi connectivity index (χ2n) is 7.07. The van der Waals surface area contributed by atoms with Crippen molar-refractivity contribution in [2.75, 3.05) is 5.32 Å². The van der Waals surface area contributed by atoms with Gasteiger partial charge in [-0.25, -0.2) is 9.52 Å². The summed E-state index contributed by atoms with van der Waals surface area (Å²) in [4.78, 5) is 12.4. The number of hydrogen-bond acceptors (Lipinski definition) is 5. The van der Waals surface area contributed by atoms with E-state index in [0.717, 1.165) is 60.8 Å². The zero-order chi connectivity index (χ0) is 20.8. The lowest BCUT2D eigenvalue weighted by Crippen LogP contribution is -2.35. The normalized spacial score (nSPS) is 15.7. The number of aryl methyl sites for hydroxylation is 2. The minimum absolute atomic E-state index is 0.334. The van der Waals surface area contributed by atoms with Gasteiger partial charge < -0.3 is 5.32 Å². The second kappa shape index (κ2) is 6.97. The van der Waals surface area contributed by atoms with Gasteiger partial charge in [-0.2, -0.15) is 26.7 Å². The Kier molecular flexibility index (Phi) is 4.72. The van der Waals surface area contributed by atoms with Crippen molar-refractivity contribution in [2.24, 2.45) is 0 Å². The highest BCUT2D eigenvalue weighted by Crippen LogP contribution is 2.38. The number of carbonyl (C=O) groups excluding carboxylic acids is 1. The quantitative estimate of drug-likeness (QED) is 0.786. The first-order valence-corrected chi connectivity index (χ1v) is 10.5. The highest BCUT2D eigenvalue weighted by molar-refractivity contribution is 7.90. The van der Waals surface area contributed by atoms with Gasteiger partial charge in [0.2, 0.25) is 0 Å². The number of anilines is 1. The van der Waals surface area contributed by atoms with Crippen molar-refractivity contribution in [2.45, 2.75) is 49.7 Å². The predicted octanol–water partition coefficient (Wildman–Crippen LogP) is 2.98. The lowest BCUT2D eigenvalue weighted by Gasteiger charge is -2.16. The molecule has 1 aromatic carbocycles. The highest BCUT2D eigenvalue weighted by atomic mass is 32.2. The number of sulfonamides is 1. The summed E-state index contributed by atoms with van der Waals surface area (Å²) in [7, 11) is -4.63. The molecule has 0 saturated heterocycles. The van der Waals surface area contributed by atoms with E-state index in [9.17, 15) is 26.4 Å². The first-order chi connectivity index (χ1) is 13.6. The Balaban J connectivity index is 1.59. The van der Waals surface area contributed by atoms with E-state index in [1.807, 2.05) is 0 Å². The number of carbonyl (C=O) groups is 1. The molecule has 0 saturated carbocycles. The average Bonchev–Trinajstić information content (AvgIpc) is 3.29. The Morgan fingerprint density at radius 1 is 1.00 bits per heavy atom. The lowest BCUT2D eigenvalue weighted by molar-refractivity contribution is -0.138. The molecule has 2 aliphatic carbocycles. The highest BCUT2D eigenvalue weighted by Gasteiger charge is 2.33. The van der Waals surface area contributed by atoms with Crippen molar-refractivity contribution >= 4 is 21.7 Å². The van der Waals surface area contributed by atoms with Crippen LogP contribution >= 0.6 is 0 Å². The van der Waals surface area contributed by atoms with Crippen LogP contribution in [0, 0.1) is 0 Å². The molecule has 0 fully saturated rings. The van der Waals surface area contributed by atoms with E-state index in [4.69, 9.17) is 0 Å². The minimum Gasteiger partial charge on any atom is -0.307 e. The van der Waals surface area contributed by atoms with Gasteiger partial charge in [-0.05, 0) is 66.8 Å². The molecule has 0 spiro atoms. The molecule has 4 rings (SSSR count). The number of nitrogens with one attached hydrogen (secondary N) is 2. The molecule has 2 amide bonds. The van der Waals surface area contributed by atoms with Crippen LogP contribution in [0.2, 0.25) is 0 Å². The van der Waals surface area contributed by atoms with Crippen molar-refractivity contribution in [3.63, 3.8) is 0 Å². The topological polar surface area (TPSA) is 101 Å². The molecular formula is C18H17F3N4O3S. The maximum Gasteiger partial charge on any atom is 0.418 e. The molecule has 29 heavy (non-hydrogen) atoms. The Labute approximate surface area is 164 Å². The SMILES string of the molecule is O=C(Nc1c2c(cc3c1CCC3)CCC2)NS(=O)(=O)c1cc(C(F)(F)F)cnn1. The molecule has 2 aliphatic rings. The summed E-state index contributed by atoms with van der Waals surface area (Å²) >= 11 is 0. The number of benzene rings is 1. The number of rotatable bonds is 3. The summed E-state index contributed by atoms with van der Waals surface area (Å²) in [5.41, 5.74) is 3.64. The second-order valence-corrected chi connectivity index (χ2v) is 8.70. The van der Waals surface area contributed by atoms with E-state index in [1.165, 1.54) is 0 Å². The third kappa shape index (κ3) is 3.78. The first-order valence-electron chi connectivity index (χ1n) is 9.05. The summed E-state index contributed by atoms with van der Waals surface area (Å²) < 4.78 is 64.8. The molecule has 0 radical (unpaired) electrons. The third-order valence-electron chi connectivity index (χ3n) is 5.17. The van der Waals surface area contributed by atoms with E-state index in [2.05, 4.69) is 21.6 Å². The van der Waals surface area contributed by atoms with Crippen molar-refractivity contribution < 1.29 is 26.4 Å². The smallest absolute Gasteiger partial charge is 0.307 e. The van der Waals surface area contributed by atoms with Crippen LogP contribution in [0.3, 0.4) is 0 Å². The van der Waals surface area contributed by atoms with E-state index in [-0.39, 0.29) is 0 Å². The molecule has 2 aromatic rings. The number of halogens is 3. The lowest BCUT2D eigenvalue weighted by atomic mass is 9.99. The van der Waals surface area contributed by atoms with Gasteiger partial charge in [-0.3, -0.25) is 0 Å². The number of amides is 2. The van der Waals surface area contributed by atoms with Gasteiger partial charge in [0.05, 0.1) is 11.8 Å². The average molecular weight is 426 g/mol.